The molecule has 2 rings (SSSR count). The molecule has 0 atom stereocenters. The van der Waals surface area contributed by atoms with E-state index in [1.807, 2.05) is 6.92 Å². The van der Waals surface area contributed by atoms with Gasteiger partial charge in [0.15, 0.2) is 15.0 Å². The van der Waals surface area contributed by atoms with Crippen LogP contribution in [0.3, 0.4) is 0 Å². The molecule has 0 unspecified atom stereocenters. The largest absolute Gasteiger partial charge is 0.416 e. The molecule has 10 heteroatoms. The van der Waals surface area contributed by atoms with Gasteiger partial charge in [0.1, 0.15) is 5.75 Å². The van der Waals surface area contributed by atoms with E-state index in [9.17, 15) is 26.4 Å². The molecule has 0 spiro atoms. The molecular weight excluding hydrogens is 413 g/mol. The van der Waals surface area contributed by atoms with Crippen molar-refractivity contribution in [2.45, 2.75) is 38.8 Å². The van der Waals surface area contributed by atoms with Crippen molar-refractivity contribution in [3.8, 4) is 0 Å². The van der Waals surface area contributed by atoms with Crippen molar-refractivity contribution in [1.82, 2.24) is 4.98 Å². The van der Waals surface area contributed by atoms with Gasteiger partial charge >= 0.3 is 6.18 Å². The lowest BCUT2D eigenvalue weighted by molar-refractivity contribution is -0.137. The van der Waals surface area contributed by atoms with Crippen LogP contribution in [0.4, 0.5) is 18.3 Å². The number of carbonyl (C=O) groups is 1. The number of rotatable bonds is 9. The second-order valence-corrected chi connectivity index (χ2v) is 9.65. The van der Waals surface area contributed by atoms with Crippen LogP contribution >= 0.6 is 11.3 Å². The van der Waals surface area contributed by atoms with E-state index in [2.05, 4.69) is 10.3 Å². The van der Waals surface area contributed by atoms with Gasteiger partial charge in [-0.2, -0.15) is 13.2 Å². The summed E-state index contributed by atoms with van der Waals surface area (Å²) in [6, 6.07) is 4.99. The summed E-state index contributed by atoms with van der Waals surface area (Å²) >= 11 is 1.10. The Morgan fingerprint density at radius 2 is 2.00 bits per heavy atom. The van der Waals surface area contributed by atoms with Crippen LogP contribution in [0.2, 0.25) is 0 Å². The normalized spacial score (nSPS) is 12.1. The standard InChI is InChI=1S/C18H21F3N2O3S2/c1-2-3-4-8-28(25,26)12-16(24)23-17-22-11-15(27-17)10-13-6-5-7-14(9-13)18(19,20)21/h5-7,9,11H,2-4,8,10,12H2,1H3,(H,22,23,24). The third-order valence-corrected chi connectivity index (χ3v) is 6.37. The predicted molar refractivity (Wildman–Crippen MR) is 103 cm³/mol. The van der Waals surface area contributed by atoms with Crippen molar-refractivity contribution < 1.29 is 26.4 Å². The molecule has 0 radical (unpaired) electrons. The number of hydrogen-bond acceptors (Lipinski definition) is 5. The van der Waals surface area contributed by atoms with Crippen LogP contribution < -0.4 is 5.32 Å². The number of nitrogens with one attached hydrogen (secondary N) is 1. The van der Waals surface area contributed by atoms with Gasteiger partial charge in [-0.15, -0.1) is 11.3 Å². The lowest BCUT2D eigenvalue weighted by atomic mass is 10.1. The second-order valence-electron chi connectivity index (χ2n) is 6.35. The van der Waals surface area contributed by atoms with Gasteiger partial charge in [0.2, 0.25) is 5.91 Å². The number of anilines is 1. The van der Waals surface area contributed by atoms with Gasteiger partial charge in [-0.25, -0.2) is 13.4 Å². The van der Waals surface area contributed by atoms with Crippen LogP contribution in [0.5, 0.6) is 0 Å². The number of halogens is 3. The Balaban J connectivity index is 1.94. The van der Waals surface area contributed by atoms with E-state index in [4.69, 9.17) is 0 Å². The zero-order chi connectivity index (χ0) is 20.8. The van der Waals surface area contributed by atoms with Crippen molar-refractivity contribution in [2.24, 2.45) is 0 Å². The first-order chi connectivity index (χ1) is 13.1. The molecule has 154 valence electrons. The number of benzene rings is 1. The smallest absolute Gasteiger partial charge is 0.301 e. The molecule has 0 saturated carbocycles. The van der Waals surface area contributed by atoms with Gasteiger partial charge in [0, 0.05) is 17.5 Å². The average molecular weight is 435 g/mol. The minimum Gasteiger partial charge on any atom is -0.301 e. The maximum Gasteiger partial charge on any atom is 0.416 e. The summed E-state index contributed by atoms with van der Waals surface area (Å²) in [5, 5.41) is 2.66. The molecule has 1 N–H and O–H groups in total. The lowest BCUT2D eigenvalue weighted by Crippen LogP contribution is -2.24. The first kappa shape index (κ1) is 22.4. The third kappa shape index (κ3) is 7.23. The number of unbranched alkanes of at least 4 members (excludes halogenated alkanes) is 2. The summed E-state index contributed by atoms with van der Waals surface area (Å²) in [5.41, 5.74) is -0.258. The quantitative estimate of drug-likeness (QED) is 0.597. The average Bonchev–Trinajstić information content (AvgIpc) is 3.00. The Hall–Kier alpha value is -1.94. The molecule has 0 saturated heterocycles. The van der Waals surface area contributed by atoms with Crippen LogP contribution in [0.15, 0.2) is 30.5 Å². The Labute approximate surface area is 165 Å². The highest BCUT2D eigenvalue weighted by Gasteiger charge is 2.30. The zero-order valence-corrected chi connectivity index (χ0v) is 16.9. The Morgan fingerprint density at radius 1 is 1.25 bits per heavy atom. The number of sulfone groups is 1. The van der Waals surface area contributed by atoms with Gasteiger partial charge in [-0.05, 0) is 18.1 Å². The topological polar surface area (TPSA) is 76.1 Å². The minimum atomic E-state index is -4.41. The molecular formula is C18H21F3N2O3S2. The van der Waals surface area contributed by atoms with Gasteiger partial charge in [0.25, 0.3) is 0 Å². The van der Waals surface area contributed by atoms with Crippen molar-refractivity contribution in [3.63, 3.8) is 0 Å². The highest BCUT2D eigenvalue weighted by atomic mass is 32.2. The van der Waals surface area contributed by atoms with E-state index in [0.717, 1.165) is 36.3 Å². The molecule has 2 aromatic rings. The molecule has 1 amide bonds. The Bertz CT molecular complexity index is 909. The van der Waals surface area contributed by atoms with E-state index in [-0.39, 0.29) is 17.3 Å². The minimum absolute atomic E-state index is 0.0348. The van der Waals surface area contributed by atoms with Gasteiger partial charge in [-0.1, -0.05) is 38.0 Å². The summed E-state index contributed by atoms with van der Waals surface area (Å²) in [7, 11) is -3.48. The van der Waals surface area contributed by atoms with Crippen LogP contribution in [0, 0.1) is 0 Å². The molecule has 0 aliphatic rings. The maximum absolute atomic E-state index is 12.8. The molecule has 5 nitrogen and oxygen atoms in total. The second kappa shape index (κ2) is 9.51. The van der Waals surface area contributed by atoms with E-state index in [1.165, 1.54) is 12.3 Å². The fourth-order valence-electron chi connectivity index (χ4n) is 2.51. The van der Waals surface area contributed by atoms with Gasteiger partial charge in [-0.3, -0.25) is 4.79 Å². The fraction of sp³-hybridized carbons (Fsp3) is 0.444. The molecule has 0 fully saturated rings. The van der Waals surface area contributed by atoms with Gasteiger partial charge < -0.3 is 5.32 Å². The monoisotopic (exact) mass is 434 g/mol. The van der Waals surface area contributed by atoms with E-state index >= 15 is 0 Å². The number of thiazole rings is 1. The molecule has 28 heavy (non-hydrogen) atoms. The summed E-state index contributed by atoms with van der Waals surface area (Å²) < 4.78 is 62.1. The summed E-state index contributed by atoms with van der Waals surface area (Å²) in [5.74, 6) is -1.32. The summed E-state index contributed by atoms with van der Waals surface area (Å²) in [6.07, 6.45) is -0.541. The van der Waals surface area contributed by atoms with Crippen molar-refractivity contribution in [2.75, 3.05) is 16.8 Å². The number of hydrogen-bond donors (Lipinski definition) is 1. The fourth-order valence-corrected chi connectivity index (χ4v) is 4.63. The molecule has 0 aliphatic carbocycles. The molecule has 0 bridgehead atoms. The highest BCUT2D eigenvalue weighted by molar-refractivity contribution is 7.92. The third-order valence-electron chi connectivity index (χ3n) is 3.84. The first-order valence-corrected chi connectivity index (χ1v) is 11.3. The summed E-state index contributed by atoms with van der Waals surface area (Å²) in [6.45, 7) is 1.96. The highest BCUT2D eigenvalue weighted by Crippen LogP contribution is 2.30. The van der Waals surface area contributed by atoms with Crippen molar-refractivity contribution in [1.29, 1.82) is 0 Å². The van der Waals surface area contributed by atoms with Crippen molar-refractivity contribution in [3.05, 3.63) is 46.5 Å². The Kier molecular flexibility index (Phi) is 7.59. The van der Waals surface area contributed by atoms with Crippen LogP contribution in [-0.2, 0) is 27.2 Å². The lowest BCUT2D eigenvalue weighted by Gasteiger charge is -2.07. The summed E-state index contributed by atoms with van der Waals surface area (Å²) in [4.78, 5) is 16.6. The van der Waals surface area contributed by atoms with Crippen molar-refractivity contribution >= 4 is 32.2 Å². The number of carbonyl (C=O) groups excluding carboxylic acids is 1. The Morgan fingerprint density at radius 3 is 2.68 bits per heavy atom. The molecule has 1 aromatic carbocycles. The van der Waals surface area contributed by atoms with E-state index < -0.39 is 33.2 Å². The number of nitrogens with zero attached hydrogens (tertiary/aromatic N) is 1. The van der Waals surface area contributed by atoms with E-state index in [0.29, 0.717) is 16.9 Å². The maximum atomic E-state index is 12.8. The van der Waals surface area contributed by atoms with Crippen LogP contribution in [0.25, 0.3) is 0 Å². The van der Waals surface area contributed by atoms with Gasteiger partial charge in [0.05, 0.1) is 11.3 Å². The number of alkyl halides is 3. The molecule has 0 aliphatic heterocycles. The first-order valence-electron chi connectivity index (χ1n) is 8.70. The van der Waals surface area contributed by atoms with E-state index in [1.54, 1.807) is 6.07 Å². The number of aromatic nitrogens is 1. The van der Waals surface area contributed by atoms with Crippen LogP contribution in [0.1, 0.15) is 42.2 Å². The molecule has 1 heterocycles. The number of amides is 1. The predicted octanol–water partition coefficient (Wildman–Crippen LogP) is 4.30. The molecule has 1 aromatic heterocycles. The SMILES string of the molecule is CCCCCS(=O)(=O)CC(=O)Nc1ncc(Cc2cccc(C(F)(F)F)c2)s1. The van der Waals surface area contributed by atoms with Crippen LogP contribution in [-0.4, -0.2) is 30.8 Å². The zero-order valence-electron chi connectivity index (χ0n) is 15.3.